The normalized spacial score (nSPS) is 10.5. The molecule has 1 amide bonds. The summed E-state index contributed by atoms with van der Waals surface area (Å²) in [5, 5.41) is 22.2. The minimum absolute atomic E-state index is 0.135. The molecule has 0 bridgehead atoms. The molecule has 0 atom stereocenters. The van der Waals surface area contributed by atoms with Gasteiger partial charge >= 0.3 is 5.76 Å². The first-order valence-electron chi connectivity index (χ1n) is 8.06. The number of nitrogens with zero attached hydrogens (tertiary/aromatic N) is 3. The molecule has 27 heavy (non-hydrogen) atoms. The van der Waals surface area contributed by atoms with Crippen LogP contribution in [-0.2, 0) is 11.3 Å². The number of carbonyl (C=O) groups excluding carboxylic acids is 1. The Labute approximate surface area is 152 Å². The first-order valence-corrected chi connectivity index (χ1v) is 8.06. The minimum atomic E-state index is -0.627. The summed E-state index contributed by atoms with van der Waals surface area (Å²) in [6.45, 7) is 0.241. The van der Waals surface area contributed by atoms with Gasteiger partial charge in [0.25, 0.3) is 5.69 Å². The standard InChI is InChI=1S/C18H14N4O5/c19-11-12-3-5-13(6-4-12)20-17(23)2-1-9-21-15-8-7-14(22(25)26)10-16(15)27-18(21)24/h3-8,10H,1-2,9H2,(H,20,23). The molecule has 1 heterocycles. The van der Waals surface area contributed by atoms with Gasteiger partial charge in [-0.15, -0.1) is 0 Å². The Balaban J connectivity index is 1.62. The molecule has 3 aromatic rings. The van der Waals surface area contributed by atoms with E-state index in [-0.39, 0.29) is 30.1 Å². The second-order valence-corrected chi connectivity index (χ2v) is 5.77. The van der Waals surface area contributed by atoms with Gasteiger partial charge in [0.05, 0.1) is 28.1 Å². The van der Waals surface area contributed by atoms with E-state index in [4.69, 9.17) is 9.68 Å². The molecule has 0 saturated heterocycles. The van der Waals surface area contributed by atoms with Crippen LogP contribution in [0, 0.1) is 21.4 Å². The number of nitro benzene ring substituents is 1. The van der Waals surface area contributed by atoms with Crippen LogP contribution in [0.4, 0.5) is 11.4 Å². The average Bonchev–Trinajstić information content (AvgIpc) is 2.97. The van der Waals surface area contributed by atoms with E-state index >= 15 is 0 Å². The van der Waals surface area contributed by atoms with Crippen molar-refractivity contribution in [3.8, 4) is 6.07 Å². The zero-order valence-electron chi connectivity index (χ0n) is 14.0. The fraction of sp³-hybridized carbons (Fsp3) is 0.167. The van der Waals surface area contributed by atoms with E-state index in [9.17, 15) is 19.7 Å². The number of aryl methyl sites for hydroxylation is 1. The van der Waals surface area contributed by atoms with E-state index in [0.717, 1.165) is 0 Å². The predicted octanol–water partition coefficient (Wildman–Crippen LogP) is 2.79. The third-order valence-corrected chi connectivity index (χ3v) is 3.95. The van der Waals surface area contributed by atoms with Crippen molar-refractivity contribution < 1.29 is 14.1 Å². The molecule has 9 nitrogen and oxygen atoms in total. The maximum Gasteiger partial charge on any atom is 0.419 e. The first kappa shape index (κ1) is 17.9. The van der Waals surface area contributed by atoms with Crippen LogP contribution in [0.15, 0.2) is 51.7 Å². The van der Waals surface area contributed by atoms with Crippen molar-refractivity contribution >= 4 is 28.4 Å². The summed E-state index contributed by atoms with van der Waals surface area (Å²) < 4.78 is 6.38. The number of fused-ring (bicyclic) bond motifs is 1. The Bertz CT molecular complexity index is 1110. The van der Waals surface area contributed by atoms with Gasteiger partial charge in [-0.3, -0.25) is 19.5 Å². The Kier molecular flexibility index (Phi) is 4.99. The third-order valence-electron chi connectivity index (χ3n) is 3.95. The van der Waals surface area contributed by atoms with E-state index < -0.39 is 10.7 Å². The molecule has 0 spiro atoms. The van der Waals surface area contributed by atoms with Crippen molar-refractivity contribution in [2.24, 2.45) is 0 Å². The van der Waals surface area contributed by atoms with E-state index in [0.29, 0.717) is 23.2 Å². The van der Waals surface area contributed by atoms with Crippen molar-refractivity contribution in [2.45, 2.75) is 19.4 Å². The number of nitro groups is 1. The molecule has 0 aliphatic carbocycles. The van der Waals surface area contributed by atoms with Crippen LogP contribution >= 0.6 is 0 Å². The number of rotatable bonds is 6. The molecule has 1 N–H and O–H groups in total. The number of hydrogen-bond donors (Lipinski definition) is 1. The van der Waals surface area contributed by atoms with Crippen LogP contribution in [0.3, 0.4) is 0 Å². The quantitative estimate of drug-likeness (QED) is 0.527. The van der Waals surface area contributed by atoms with Gasteiger partial charge in [-0.25, -0.2) is 4.79 Å². The van der Waals surface area contributed by atoms with Crippen LogP contribution < -0.4 is 11.1 Å². The molecular formula is C18H14N4O5. The summed E-state index contributed by atoms with van der Waals surface area (Å²) in [4.78, 5) is 34.2. The SMILES string of the molecule is N#Cc1ccc(NC(=O)CCCn2c(=O)oc3cc([N+](=O)[O-])ccc32)cc1. The Hall–Kier alpha value is -3.93. The molecule has 0 aliphatic heterocycles. The number of non-ortho nitro benzene ring substituents is 1. The van der Waals surface area contributed by atoms with E-state index in [2.05, 4.69) is 5.32 Å². The molecule has 9 heteroatoms. The monoisotopic (exact) mass is 366 g/mol. The summed E-state index contributed by atoms with van der Waals surface area (Å²) in [5.74, 6) is -0.853. The van der Waals surface area contributed by atoms with Crippen molar-refractivity contribution in [3.63, 3.8) is 0 Å². The molecule has 1 aromatic heterocycles. The van der Waals surface area contributed by atoms with Crippen LogP contribution in [0.25, 0.3) is 11.1 Å². The van der Waals surface area contributed by atoms with Gasteiger partial charge in [0.2, 0.25) is 5.91 Å². The van der Waals surface area contributed by atoms with Crippen molar-refractivity contribution in [1.82, 2.24) is 4.57 Å². The number of amides is 1. The van der Waals surface area contributed by atoms with Crippen LogP contribution in [0.2, 0.25) is 0 Å². The highest BCUT2D eigenvalue weighted by molar-refractivity contribution is 5.90. The smallest absolute Gasteiger partial charge is 0.407 e. The molecule has 0 fully saturated rings. The second-order valence-electron chi connectivity index (χ2n) is 5.77. The highest BCUT2D eigenvalue weighted by Gasteiger charge is 2.14. The van der Waals surface area contributed by atoms with Gasteiger partial charge in [-0.1, -0.05) is 0 Å². The molecule has 0 aliphatic rings. The van der Waals surface area contributed by atoms with Crippen molar-refractivity contribution in [1.29, 1.82) is 5.26 Å². The number of anilines is 1. The lowest BCUT2D eigenvalue weighted by atomic mass is 10.2. The van der Waals surface area contributed by atoms with Crippen LogP contribution in [-0.4, -0.2) is 15.4 Å². The zero-order valence-corrected chi connectivity index (χ0v) is 14.0. The molecule has 3 rings (SSSR count). The molecule has 0 radical (unpaired) electrons. The number of carbonyl (C=O) groups is 1. The van der Waals surface area contributed by atoms with Gasteiger partial charge in [-0.05, 0) is 36.8 Å². The first-order chi connectivity index (χ1) is 13.0. The molecule has 2 aromatic carbocycles. The summed E-state index contributed by atoms with van der Waals surface area (Å²) in [6.07, 6.45) is 0.555. The van der Waals surface area contributed by atoms with E-state index in [1.807, 2.05) is 6.07 Å². The summed E-state index contributed by atoms with van der Waals surface area (Å²) >= 11 is 0. The fourth-order valence-corrected chi connectivity index (χ4v) is 2.63. The minimum Gasteiger partial charge on any atom is -0.407 e. The van der Waals surface area contributed by atoms with Crippen molar-refractivity contribution in [2.75, 3.05) is 5.32 Å². The summed E-state index contributed by atoms with van der Waals surface area (Å²) in [5.41, 5.74) is 1.50. The maximum absolute atomic E-state index is 12.0. The average molecular weight is 366 g/mol. The van der Waals surface area contributed by atoms with Gasteiger partial charge in [0.1, 0.15) is 0 Å². The molecular weight excluding hydrogens is 352 g/mol. The molecule has 136 valence electrons. The Morgan fingerprint density at radius 2 is 2.00 bits per heavy atom. The second kappa shape index (κ2) is 7.53. The Morgan fingerprint density at radius 1 is 1.26 bits per heavy atom. The zero-order chi connectivity index (χ0) is 19.4. The number of aromatic nitrogens is 1. The highest BCUT2D eigenvalue weighted by Crippen LogP contribution is 2.20. The van der Waals surface area contributed by atoms with Crippen molar-refractivity contribution in [3.05, 3.63) is 68.7 Å². The largest absolute Gasteiger partial charge is 0.419 e. The number of nitriles is 1. The number of nitrogens with one attached hydrogen (secondary N) is 1. The topological polar surface area (TPSA) is 131 Å². The number of hydrogen-bond acceptors (Lipinski definition) is 6. The van der Waals surface area contributed by atoms with E-state index in [1.165, 1.54) is 22.8 Å². The predicted molar refractivity (Wildman–Crippen MR) is 96.1 cm³/mol. The summed E-state index contributed by atoms with van der Waals surface area (Å²) in [7, 11) is 0. The van der Waals surface area contributed by atoms with Gasteiger partial charge in [-0.2, -0.15) is 5.26 Å². The lowest BCUT2D eigenvalue weighted by molar-refractivity contribution is -0.384. The highest BCUT2D eigenvalue weighted by atomic mass is 16.6. The molecule has 0 unspecified atom stereocenters. The summed E-state index contributed by atoms with van der Waals surface area (Å²) in [6, 6.07) is 12.4. The number of benzene rings is 2. The van der Waals surface area contributed by atoms with Crippen LogP contribution in [0.5, 0.6) is 0 Å². The third kappa shape index (κ3) is 4.01. The lowest BCUT2D eigenvalue weighted by Gasteiger charge is -2.05. The van der Waals surface area contributed by atoms with Gasteiger partial charge in [0, 0.05) is 24.7 Å². The number of oxazole rings is 1. The van der Waals surface area contributed by atoms with Gasteiger partial charge in [0.15, 0.2) is 5.58 Å². The molecule has 0 saturated carbocycles. The van der Waals surface area contributed by atoms with E-state index in [1.54, 1.807) is 24.3 Å². The lowest BCUT2D eigenvalue weighted by Crippen LogP contribution is -2.17. The van der Waals surface area contributed by atoms with Crippen LogP contribution in [0.1, 0.15) is 18.4 Å². The van der Waals surface area contributed by atoms with Gasteiger partial charge < -0.3 is 9.73 Å². The maximum atomic E-state index is 12.0. The fourth-order valence-electron chi connectivity index (χ4n) is 2.63. The Morgan fingerprint density at radius 3 is 2.67 bits per heavy atom.